The van der Waals surface area contributed by atoms with Crippen LogP contribution in [0.1, 0.15) is 83.1 Å². The Balaban J connectivity index is 0. The normalized spacial score (nSPS) is 15.3. The Labute approximate surface area is 135 Å². The van der Waals surface area contributed by atoms with Crippen LogP contribution in [0.2, 0.25) is 0 Å². The van der Waals surface area contributed by atoms with Crippen molar-refractivity contribution in [3.63, 3.8) is 0 Å². The lowest BCUT2D eigenvalue weighted by Crippen LogP contribution is -2.82. The molecule has 0 radical (unpaired) electrons. The van der Waals surface area contributed by atoms with Gasteiger partial charge in [-0.1, -0.05) is 0 Å². The molecule has 0 amide bonds. The summed E-state index contributed by atoms with van der Waals surface area (Å²) in [5.41, 5.74) is 0.812. The van der Waals surface area contributed by atoms with Crippen molar-refractivity contribution in [3.05, 3.63) is 0 Å². The van der Waals surface area contributed by atoms with E-state index in [1.807, 2.05) is 0 Å². The monoisotopic (exact) mass is 329 g/mol. The SMILES string of the molecule is CC(C)(C)[N+](C(C)(C)C)(C(C)(C)C)C(C)(C)C.F[B-](F)(F)F. The Morgan fingerprint density at radius 2 is 0.545 bits per heavy atom. The molecule has 0 aliphatic carbocycles. The van der Waals surface area contributed by atoms with Crippen molar-refractivity contribution in [1.82, 2.24) is 0 Å². The molecule has 0 aliphatic heterocycles. The van der Waals surface area contributed by atoms with E-state index in [9.17, 15) is 17.3 Å². The Hall–Kier alpha value is -0.255. The van der Waals surface area contributed by atoms with E-state index < -0.39 is 7.25 Å². The fourth-order valence-corrected chi connectivity index (χ4v) is 6.04. The number of hydrogen-bond acceptors (Lipinski definition) is 0. The van der Waals surface area contributed by atoms with E-state index in [0.717, 1.165) is 4.48 Å². The first-order valence-corrected chi connectivity index (χ1v) is 7.77. The van der Waals surface area contributed by atoms with Crippen molar-refractivity contribution in [1.29, 1.82) is 0 Å². The van der Waals surface area contributed by atoms with Crippen molar-refractivity contribution in [2.24, 2.45) is 0 Å². The van der Waals surface area contributed by atoms with Crippen LogP contribution in [0.25, 0.3) is 0 Å². The molecule has 22 heavy (non-hydrogen) atoms. The van der Waals surface area contributed by atoms with E-state index in [1.165, 1.54) is 0 Å². The molecule has 0 heterocycles. The first-order valence-electron chi connectivity index (χ1n) is 7.77. The number of quaternary nitrogens is 1. The molecule has 136 valence electrons. The van der Waals surface area contributed by atoms with Crippen molar-refractivity contribution < 1.29 is 21.7 Å². The van der Waals surface area contributed by atoms with Crippen LogP contribution in [0.5, 0.6) is 0 Å². The number of halogens is 4. The zero-order chi connectivity index (χ0) is 19.0. The fraction of sp³-hybridized carbons (Fsp3) is 1.00. The van der Waals surface area contributed by atoms with E-state index in [1.54, 1.807) is 0 Å². The smallest absolute Gasteiger partial charge is 0.418 e. The van der Waals surface area contributed by atoms with Crippen molar-refractivity contribution >= 4 is 7.25 Å². The van der Waals surface area contributed by atoms with E-state index >= 15 is 0 Å². The second-order valence-corrected chi connectivity index (χ2v) is 9.85. The summed E-state index contributed by atoms with van der Waals surface area (Å²) < 4.78 is 40.1. The lowest BCUT2D eigenvalue weighted by atomic mass is 9.75. The maximum Gasteiger partial charge on any atom is 0.673 e. The zero-order valence-electron chi connectivity index (χ0n) is 16.5. The third kappa shape index (κ3) is 5.43. The summed E-state index contributed by atoms with van der Waals surface area (Å²) >= 11 is 0. The molecule has 0 bridgehead atoms. The summed E-state index contributed by atoms with van der Waals surface area (Å²) in [5, 5.41) is 0. The van der Waals surface area contributed by atoms with Gasteiger partial charge in [-0.2, -0.15) is 0 Å². The number of rotatable bonds is 0. The molecule has 0 aromatic carbocycles. The van der Waals surface area contributed by atoms with Crippen molar-refractivity contribution in [2.75, 3.05) is 0 Å². The minimum Gasteiger partial charge on any atom is -0.418 e. The molecule has 0 aromatic heterocycles. The summed E-state index contributed by atoms with van der Waals surface area (Å²) in [4.78, 5) is 0. The maximum absolute atomic E-state index is 9.75. The number of nitrogens with zero attached hydrogens (tertiary/aromatic N) is 1. The summed E-state index contributed by atoms with van der Waals surface area (Å²) in [5.74, 6) is 0. The Morgan fingerprint density at radius 1 is 0.455 bits per heavy atom. The van der Waals surface area contributed by atoms with E-state index in [0.29, 0.717) is 0 Å². The minimum atomic E-state index is -6.00. The molecule has 1 nitrogen and oxygen atoms in total. The van der Waals surface area contributed by atoms with Crippen molar-refractivity contribution in [3.8, 4) is 0 Å². The Kier molecular flexibility index (Phi) is 6.91. The lowest BCUT2D eigenvalue weighted by Gasteiger charge is -2.70. The predicted octanol–water partition coefficient (Wildman–Crippen LogP) is 6.30. The molecule has 0 saturated heterocycles. The van der Waals surface area contributed by atoms with E-state index in [-0.39, 0.29) is 22.2 Å². The predicted molar refractivity (Wildman–Crippen MR) is 89.5 cm³/mol. The molecule has 0 N–H and O–H groups in total. The average Bonchev–Trinajstić information content (AvgIpc) is 1.83. The molecular weight excluding hydrogens is 293 g/mol. The highest BCUT2D eigenvalue weighted by Crippen LogP contribution is 2.50. The third-order valence-corrected chi connectivity index (χ3v) is 4.02. The lowest BCUT2D eigenvalue weighted by molar-refractivity contribution is -1.08. The largest absolute Gasteiger partial charge is 0.673 e. The first-order chi connectivity index (χ1) is 9.00. The van der Waals surface area contributed by atoms with Crippen LogP contribution < -0.4 is 0 Å². The van der Waals surface area contributed by atoms with Crippen LogP contribution in [0, 0.1) is 0 Å². The molecule has 0 spiro atoms. The van der Waals surface area contributed by atoms with Gasteiger partial charge in [0.1, 0.15) is 0 Å². The van der Waals surface area contributed by atoms with Gasteiger partial charge in [-0.3, -0.25) is 0 Å². The average molecular weight is 329 g/mol. The van der Waals surface area contributed by atoms with Gasteiger partial charge < -0.3 is 21.7 Å². The standard InChI is InChI=1S/C16H36N.BF4/c1-13(2,3)17(14(4,5)6,15(7,8)9)16(10,11)12;2-1(3,4)5/h1-12H3;/q+1;-1. The maximum atomic E-state index is 9.75. The molecule has 6 heteroatoms. The second kappa shape index (κ2) is 6.33. The fourth-order valence-electron chi connectivity index (χ4n) is 6.04. The van der Waals surface area contributed by atoms with Crippen LogP contribution in [0.15, 0.2) is 0 Å². The van der Waals surface area contributed by atoms with Gasteiger partial charge >= 0.3 is 7.25 Å². The second-order valence-electron chi connectivity index (χ2n) is 9.85. The Morgan fingerprint density at radius 3 is 0.545 bits per heavy atom. The summed E-state index contributed by atoms with van der Waals surface area (Å²) in [6.45, 7) is 28.6. The zero-order valence-corrected chi connectivity index (χ0v) is 16.5. The van der Waals surface area contributed by atoms with Crippen LogP contribution in [-0.2, 0) is 0 Å². The van der Waals surface area contributed by atoms with Gasteiger partial charge in [0, 0.05) is 0 Å². The molecule has 0 unspecified atom stereocenters. The van der Waals surface area contributed by atoms with E-state index in [4.69, 9.17) is 0 Å². The summed E-state index contributed by atoms with van der Waals surface area (Å²) in [6, 6.07) is 0. The molecule has 0 atom stereocenters. The van der Waals surface area contributed by atoms with Crippen molar-refractivity contribution in [2.45, 2.75) is 105 Å². The minimum absolute atomic E-state index is 0.203. The highest BCUT2D eigenvalue weighted by Gasteiger charge is 2.62. The van der Waals surface area contributed by atoms with Crippen LogP contribution in [0.4, 0.5) is 17.3 Å². The molecular formula is C16H36BF4N. The van der Waals surface area contributed by atoms with Crippen LogP contribution >= 0.6 is 0 Å². The van der Waals surface area contributed by atoms with Gasteiger partial charge in [-0.15, -0.1) is 0 Å². The van der Waals surface area contributed by atoms with Crippen LogP contribution in [0.3, 0.4) is 0 Å². The van der Waals surface area contributed by atoms with Gasteiger partial charge in [0.05, 0.1) is 22.2 Å². The quantitative estimate of drug-likeness (QED) is 0.278. The highest BCUT2D eigenvalue weighted by atomic mass is 19.5. The van der Waals surface area contributed by atoms with Crippen LogP contribution in [-0.4, -0.2) is 33.9 Å². The summed E-state index contributed by atoms with van der Waals surface area (Å²) in [7, 11) is -6.00. The van der Waals surface area contributed by atoms with Gasteiger partial charge in [0.2, 0.25) is 0 Å². The first kappa shape index (κ1) is 24.0. The third-order valence-electron chi connectivity index (χ3n) is 4.02. The molecule has 0 rings (SSSR count). The molecule has 0 saturated carbocycles. The Bertz CT molecular complexity index is 281. The summed E-state index contributed by atoms with van der Waals surface area (Å²) in [6.07, 6.45) is 0. The molecule has 0 fully saturated rings. The van der Waals surface area contributed by atoms with Gasteiger partial charge in [-0.25, -0.2) is 0 Å². The number of hydrogen-bond donors (Lipinski definition) is 0. The van der Waals surface area contributed by atoms with Gasteiger partial charge in [0.25, 0.3) is 0 Å². The van der Waals surface area contributed by atoms with Gasteiger partial charge in [0.15, 0.2) is 0 Å². The van der Waals surface area contributed by atoms with E-state index in [2.05, 4.69) is 83.1 Å². The topological polar surface area (TPSA) is 0 Å². The van der Waals surface area contributed by atoms with Gasteiger partial charge in [-0.05, 0) is 83.1 Å². The molecule has 0 aromatic rings. The molecule has 0 aliphatic rings. The highest BCUT2D eigenvalue weighted by molar-refractivity contribution is 6.50.